The van der Waals surface area contributed by atoms with Crippen molar-refractivity contribution in [3.63, 3.8) is 0 Å². The number of piperidine rings is 1. The second-order valence-corrected chi connectivity index (χ2v) is 7.96. The zero-order valence-corrected chi connectivity index (χ0v) is 15.7. The first-order valence-corrected chi connectivity index (χ1v) is 9.97. The van der Waals surface area contributed by atoms with Crippen molar-refractivity contribution in [2.45, 2.75) is 51.1 Å². The second-order valence-electron chi connectivity index (χ2n) is 7.96. The van der Waals surface area contributed by atoms with Gasteiger partial charge in [-0.3, -0.25) is 4.79 Å². The summed E-state index contributed by atoms with van der Waals surface area (Å²) in [6.45, 7) is 0.836. The van der Waals surface area contributed by atoms with Gasteiger partial charge in [-0.25, -0.2) is 13.9 Å². The van der Waals surface area contributed by atoms with Gasteiger partial charge in [-0.1, -0.05) is 25.0 Å². The van der Waals surface area contributed by atoms with Gasteiger partial charge in [0.15, 0.2) is 0 Å². The van der Waals surface area contributed by atoms with Gasteiger partial charge in [0.05, 0.1) is 11.0 Å². The van der Waals surface area contributed by atoms with E-state index < -0.39 is 0 Å². The van der Waals surface area contributed by atoms with Gasteiger partial charge in [-0.15, -0.1) is 5.10 Å². The Morgan fingerprint density at radius 2 is 1.85 bits per heavy atom. The van der Waals surface area contributed by atoms with Crippen LogP contribution in [0, 0.1) is 5.92 Å². The molecule has 0 radical (unpaired) electrons. The molecule has 0 spiro atoms. The first-order chi connectivity index (χ1) is 13.1. The lowest BCUT2D eigenvalue weighted by molar-refractivity contribution is -0.138. The average Bonchev–Trinajstić information content (AvgIpc) is 3.17. The molecule has 1 aromatic carbocycles. The Morgan fingerprint density at radius 1 is 1.11 bits per heavy atom. The lowest BCUT2D eigenvalue weighted by atomic mass is 9.78. The van der Waals surface area contributed by atoms with Crippen molar-refractivity contribution in [2.24, 2.45) is 13.0 Å². The first-order valence-electron chi connectivity index (χ1n) is 9.97. The normalized spacial score (nSPS) is 23.1. The van der Waals surface area contributed by atoms with Crippen molar-refractivity contribution < 1.29 is 4.79 Å². The van der Waals surface area contributed by atoms with Crippen molar-refractivity contribution in [1.29, 1.82) is 0 Å². The molecule has 2 aromatic heterocycles. The molecule has 1 aliphatic carbocycles. The van der Waals surface area contributed by atoms with E-state index in [0.717, 1.165) is 30.4 Å². The predicted molar refractivity (Wildman–Crippen MR) is 103 cm³/mol. The summed E-state index contributed by atoms with van der Waals surface area (Å²) < 4.78 is 4.83. The van der Waals surface area contributed by atoms with E-state index in [4.69, 9.17) is 0 Å². The molecule has 3 heterocycles. The number of fused-ring (bicyclic) bond motifs is 4. The van der Waals surface area contributed by atoms with Crippen molar-refractivity contribution in [2.75, 3.05) is 6.54 Å². The average molecular weight is 367 g/mol. The molecule has 3 aromatic rings. The molecule has 142 valence electrons. The van der Waals surface area contributed by atoms with Crippen molar-refractivity contribution in [3.05, 3.63) is 34.7 Å². The quantitative estimate of drug-likeness (QED) is 0.697. The molecule has 0 bridgehead atoms. The molecule has 7 nitrogen and oxygen atoms in total. The van der Waals surface area contributed by atoms with Crippen LogP contribution >= 0.6 is 0 Å². The minimum Gasteiger partial charge on any atom is -0.338 e. The van der Waals surface area contributed by atoms with Crippen LogP contribution in [-0.4, -0.2) is 42.1 Å². The SMILES string of the molecule is Cn1c2ccccc2n2c(=O)n(CC(=O)N3CCCC4CCCCC43)nc12. The minimum atomic E-state index is -0.243. The summed E-state index contributed by atoms with van der Waals surface area (Å²) in [6, 6.07) is 8.09. The van der Waals surface area contributed by atoms with E-state index in [1.807, 2.05) is 40.8 Å². The first kappa shape index (κ1) is 16.6. The summed E-state index contributed by atoms with van der Waals surface area (Å²) in [6.07, 6.45) is 7.11. The molecular weight excluding hydrogens is 342 g/mol. The maximum atomic E-state index is 13.0. The molecule has 27 heavy (non-hydrogen) atoms. The fourth-order valence-electron chi connectivity index (χ4n) is 5.13. The number of likely N-dealkylation sites (tertiary alicyclic amines) is 1. The van der Waals surface area contributed by atoms with E-state index in [-0.39, 0.29) is 18.1 Å². The summed E-state index contributed by atoms with van der Waals surface area (Å²) in [7, 11) is 1.90. The summed E-state index contributed by atoms with van der Waals surface area (Å²) in [5.41, 5.74) is 1.54. The van der Waals surface area contributed by atoms with Crippen LogP contribution in [0.4, 0.5) is 0 Å². The minimum absolute atomic E-state index is 0.0259. The zero-order valence-electron chi connectivity index (χ0n) is 15.7. The molecule has 7 heteroatoms. The molecule has 5 rings (SSSR count). The summed E-state index contributed by atoms with van der Waals surface area (Å²) in [5, 5.41) is 4.47. The summed E-state index contributed by atoms with van der Waals surface area (Å²) in [4.78, 5) is 28.0. The lowest BCUT2D eigenvalue weighted by Gasteiger charge is -2.44. The largest absolute Gasteiger partial charge is 0.352 e. The van der Waals surface area contributed by atoms with E-state index in [1.165, 1.54) is 30.4 Å². The molecule has 2 aliphatic rings. The standard InChI is InChI=1S/C20H25N5O2/c1-22-16-10-4-5-11-17(16)25-19(22)21-24(20(25)27)13-18(26)23-12-6-8-14-7-2-3-9-15(14)23/h4-5,10-11,14-15H,2-3,6-9,12-13H2,1H3. The summed E-state index contributed by atoms with van der Waals surface area (Å²) in [5.74, 6) is 1.24. The number of hydrogen-bond acceptors (Lipinski definition) is 3. The maximum Gasteiger partial charge on any atom is 0.352 e. The Hall–Kier alpha value is -2.57. The highest BCUT2D eigenvalue weighted by atomic mass is 16.2. The van der Waals surface area contributed by atoms with Gasteiger partial charge in [-0.05, 0) is 43.7 Å². The van der Waals surface area contributed by atoms with Crippen LogP contribution in [0.25, 0.3) is 16.8 Å². The molecule has 1 aliphatic heterocycles. The zero-order chi connectivity index (χ0) is 18.5. The molecule has 1 saturated heterocycles. The van der Waals surface area contributed by atoms with Crippen LogP contribution in [0.2, 0.25) is 0 Å². The monoisotopic (exact) mass is 367 g/mol. The smallest absolute Gasteiger partial charge is 0.338 e. The third kappa shape index (κ3) is 2.51. The number of para-hydroxylation sites is 2. The van der Waals surface area contributed by atoms with E-state index in [1.54, 1.807) is 4.40 Å². The summed E-state index contributed by atoms with van der Waals surface area (Å²) >= 11 is 0. The Morgan fingerprint density at radius 3 is 2.70 bits per heavy atom. The van der Waals surface area contributed by atoms with Crippen LogP contribution in [0.1, 0.15) is 38.5 Å². The van der Waals surface area contributed by atoms with E-state index in [9.17, 15) is 9.59 Å². The van der Waals surface area contributed by atoms with Crippen LogP contribution in [0.15, 0.2) is 29.1 Å². The number of benzene rings is 1. The van der Waals surface area contributed by atoms with Gasteiger partial charge < -0.3 is 9.47 Å². The Labute approximate surface area is 157 Å². The van der Waals surface area contributed by atoms with Gasteiger partial charge in [0.25, 0.3) is 0 Å². The molecule has 2 unspecified atom stereocenters. The third-order valence-electron chi connectivity index (χ3n) is 6.45. The predicted octanol–water partition coefficient (Wildman–Crippen LogP) is 2.17. The van der Waals surface area contributed by atoms with Crippen molar-refractivity contribution in [1.82, 2.24) is 23.6 Å². The van der Waals surface area contributed by atoms with Gasteiger partial charge in [0.2, 0.25) is 11.7 Å². The van der Waals surface area contributed by atoms with Gasteiger partial charge in [-0.2, -0.15) is 0 Å². The third-order valence-corrected chi connectivity index (χ3v) is 6.45. The number of carbonyl (C=O) groups excluding carboxylic acids is 1. The van der Waals surface area contributed by atoms with Crippen molar-refractivity contribution in [3.8, 4) is 0 Å². The number of imidazole rings is 1. The molecular formula is C20H25N5O2. The molecule has 1 saturated carbocycles. The van der Waals surface area contributed by atoms with Crippen LogP contribution < -0.4 is 5.69 Å². The number of hydrogen-bond donors (Lipinski definition) is 0. The second kappa shape index (κ2) is 6.25. The molecule has 1 amide bonds. The van der Waals surface area contributed by atoms with Crippen LogP contribution in [0.3, 0.4) is 0 Å². The number of nitrogens with zero attached hydrogens (tertiary/aromatic N) is 5. The fourth-order valence-corrected chi connectivity index (χ4v) is 5.13. The molecule has 2 atom stereocenters. The number of rotatable bonds is 2. The fraction of sp³-hybridized carbons (Fsp3) is 0.550. The maximum absolute atomic E-state index is 13.0. The number of aromatic nitrogens is 4. The highest BCUT2D eigenvalue weighted by Gasteiger charge is 2.35. The lowest BCUT2D eigenvalue weighted by Crippen LogP contribution is -2.51. The highest BCUT2D eigenvalue weighted by Crippen LogP contribution is 2.35. The topological polar surface area (TPSA) is 64.5 Å². The van der Waals surface area contributed by atoms with Gasteiger partial charge >= 0.3 is 5.69 Å². The Kier molecular flexibility index (Phi) is 3.84. The number of amides is 1. The van der Waals surface area contributed by atoms with E-state index >= 15 is 0 Å². The van der Waals surface area contributed by atoms with Gasteiger partial charge in [0, 0.05) is 19.6 Å². The number of carbonyl (C=O) groups is 1. The number of aryl methyl sites for hydroxylation is 1. The van der Waals surface area contributed by atoms with Gasteiger partial charge in [0.1, 0.15) is 6.54 Å². The highest BCUT2D eigenvalue weighted by molar-refractivity contribution is 5.80. The Bertz CT molecular complexity index is 1070. The van der Waals surface area contributed by atoms with Crippen molar-refractivity contribution >= 4 is 22.7 Å². The van der Waals surface area contributed by atoms with E-state index in [0.29, 0.717) is 17.7 Å². The van der Waals surface area contributed by atoms with Crippen LogP contribution in [-0.2, 0) is 18.4 Å². The van der Waals surface area contributed by atoms with Crippen LogP contribution in [0.5, 0.6) is 0 Å². The Balaban J connectivity index is 1.48. The van der Waals surface area contributed by atoms with E-state index in [2.05, 4.69) is 5.10 Å². The molecule has 2 fully saturated rings. The molecule has 0 N–H and O–H groups in total.